The van der Waals surface area contributed by atoms with E-state index in [0.717, 1.165) is 19.6 Å². The lowest BCUT2D eigenvalue weighted by Gasteiger charge is -2.27. The summed E-state index contributed by atoms with van der Waals surface area (Å²) in [6.45, 7) is 7.02. The quantitative estimate of drug-likeness (QED) is 0.816. The molecule has 0 radical (unpaired) electrons. The van der Waals surface area contributed by atoms with Crippen LogP contribution in [0.15, 0.2) is 18.2 Å². The summed E-state index contributed by atoms with van der Waals surface area (Å²) in [5.41, 5.74) is 4.47. The molecule has 0 atom stereocenters. The first-order valence-electron chi connectivity index (χ1n) is 6.71. The van der Waals surface area contributed by atoms with Crippen molar-refractivity contribution in [2.24, 2.45) is 0 Å². The number of nitrogens with one attached hydrogen (secondary N) is 2. The Labute approximate surface area is 103 Å². The van der Waals surface area contributed by atoms with Gasteiger partial charge in [0.2, 0.25) is 0 Å². The molecule has 0 saturated carbocycles. The summed E-state index contributed by atoms with van der Waals surface area (Å²) in [5.74, 6) is 0. The summed E-state index contributed by atoms with van der Waals surface area (Å²) in [5, 5.41) is 6.86. The highest BCUT2D eigenvalue weighted by Gasteiger charge is 2.15. The highest BCUT2D eigenvalue weighted by Crippen LogP contribution is 2.25. The van der Waals surface area contributed by atoms with Crippen LogP contribution in [0.5, 0.6) is 0 Å². The Morgan fingerprint density at radius 3 is 2.88 bits per heavy atom. The monoisotopic (exact) mass is 231 g/mol. The van der Waals surface area contributed by atoms with Crippen molar-refractivity contribution >= 4 is 5.69 Å². The van der Waals surface area contributed by atoms with Gasteiger partial charge in [0.1, 0.15) is 0 Å². The van der Waals surface area contributed by atoms with Gasteiger partial charge in [0.05, 0.1) is 0 Å². The molecule has 0 aliphatic carbocycles. The van der Waals surface area contributed by atoms with Gasteiger partial charge in [0, 0.05) is 45.0 Å². The molecule has 92 valence electrons. The zero-order valence-electron chi connectivity index (χ0n) is 10.3. The maximum Gasteiger partial charge on any atom is 0.0376 e. The minimum Gasteiger partial charge on any atom is -0.384 e. The number of hydrogen-bond donors (Lipinski definition) is 2. The second-order valence-corrected chi connectivity index (χ2v) is 4.96. The van der Waals surface area contributed by atoms with Crippen LogP contribution in [0.1, 0.15) is 11.1 Å². The third-order valence-corrected chi connectivity index (χ3v) is 3.87. The third-order valence-electron chi connectivity index (χ3n) is 3.87. The van der Waals surface area contributed by atoms with Crippen LogP contribution < -0.4 is 10.6 Å². The predicted molar refractivity (Wildman–Crippen MR) is 71.6 cm³/mol. The zero-order chi connectivity index (χ0) is 11.5. The first-order chi connectivity index (χ1) is 8.43. The van der Waals surface area contributed by atoms with Crippen molar-refractivity contribution < 1.29 is 0 Å². The number of piperazine rings is 1. The van der Waals surface area contributed by atoms with E-state index < -0.39 is 0 Å². The van der Waals surface area contributed by atoms with Gasteiger partial charge in [0.25, 0.3) is 0 Å². The molecular formula is C14H21N3. The van der Waals surface area contributed by atoms with Gasteiger partial charge in [0.15, 0.2) is 0 Å². The molecule has 2 aliphatic heterocycles. The van der Waals surface area contributed by atoms with E-state index in [1.54, 1.807) is 11.1 Å². The van der Waals surface area contributed by atoms with Gasteiger partial charge < -0.3 is 15.5 Å². The Bertz CT molecular complexity index is 383. The van der Waals surface area contributed by atoms with Crippen LogP contribution in [-0.2, 0) is 12.8 Å². The average molecular weight is 231 g/mol. The third kappa shape index (κ3) is 2.45. The molecule has 1 aromatic rings. The summed E-state index contributed by atoms with van der Waals surface area (Å²) < 4.78 is 0. The number of fused-ring (bicyclic) bond motifs is 1. The van der Waals surface area contributed by atoms with Crippen LogP contribution in [0.3, 0.4) is 0 Å². The molecule has 2 heterocycles. The molecule has 1 aromatic carbocycles. The minimum atomic E-state index is 1.11. The minimum absolute atomic E-state index is 1.11. The van der Waals surface area contributed by atoms with Crippen molar-refractivity contribution in [1.82, 2.24) is 10.2 Å². The molecule has 3 nitrogen and oxygen atoms in total. The molecular weight excluding hydrogens is 210 g/mol. The predicted octanol–water partition coefficient (Wildman–Crippen LogP) is 1.10. The van der Waals surface area contributed by atoms with Crippen LogP contribution >= 0.6 is 0 Å². The van der Waals surface area contributed by atoms with Gasteiger partial charge >= 0.3 is 0 Å². The molecule has 0 bridgehead atoms. The lowest BCUT2D eigenvalue weighted by molar-refractivity contribution is 0.244. The fourth-order valence-electron chi connectivity index (χ4n) is 2.87. The molecule has 3 rings (SSSR count). The Balaban J connectivity index is 1.63. The molecule has 0 aromatic heterocycles. The van der Waals surface area contributed by atoms with E-state index in [1.165, 1.54) is 38.2 Å². The maximum atomic E-state index is 3.45. The topological polar surface area (TPSA) is 27.3 Å². The first-order valence-corrected chi connectivity index (χ1v) is 6.71. The molecule has 17 heavy (non-hydrogen) atoms. The Morgan fingerprint density at radius 2 is 2.00 bits per heavy atom. The van der Waals surface area contributed by atoms with E-state index in [1.807, 2.05) is 0 Å². The fourth-order valence-corrected chi connectivity index (χ4v) is 2.87. The van der Waals surface area contributed by atoms with Crippen LogP contribution in [0, 0.1) is 0 Å². The molecule has 1 fully saturated rings. The van der Waals surface area contributed by atoms with Gasteiger partial charge in [-0.3, -0.25) is 0 Å². The van der Waals surface area contributed by atoms with Gasteiger partial charge in [-0.1, -0.05) is 12.1 Å². The summed E-state index contributed by atoms with van der Waals surface area (Å²) in [6, 6.07) is 6.69. The maximum absolute atomic E-state index is 3.45. The second-order valence-electron chi connectivity index (χ2n) is 4.96. The van der Waals surface area contributed by atoms with Gasteiger partial charge in [-0.25, -0.2) is 0 Å². The number of benzene rings is 1. The second kappa shape index (κ2) is 5.07. The molecule has 0 amide bonds. The fraction of sp³-hybridized carbons (Fsp3) is 0.571. The van der Waals surface area contributed by atoms with E-state index in [-0.39, 0.29) is 0 Å². The highest BCUT2D eigenvalue weighted by molar-refractivity contribution is 5.58. The van der Waals surface area contributed by atoms with Crippen molar-refractivity contribution in [2.75, 3.05) is 44.6 Å². The number of rotatable bonds is 3. The average Bonchev–Trinajstić information content (AvgIpc) is 2.86. The van der Waals surface area contributed by atoms with Gasteiger partial charge in [-0.05, 0) is 30.0 Å². The normalized spacial score (nSPS) is 20.0. The summed E-state index contributed by atoms with van der Waals surface area (Å²) >= 11 is 0. The standard InChI is InChI=1S/C14H21N3/c1-2-12(13-4-6-16-14(13)3-1)5-9-17-10-7-15-8-11-17/h1-3,15-16H,4-11H2. The van der Waals surface area contributed by atoms with Crippen LogP contribution in [0.2, 0.25) is 0 Å². The van der Waals surface area contributed by atoms with Gasteiger partial charge in [-0.2, -0.15) is 0 Å². The van der Waals surface area contributed by atoms with E-state index >= 15 is 0 Å². The summed E-state index contributed by atoms with van der Waals surface area (Å²) in [4.78, 5) is 2.57. The Hall–Kier alpha value is -1.06. The van der Waals surface area contributed by atoms with E-state index in [0.29, 0.717) is 0 Å². The van der Waals surface area contributed by atoms with Crippen LogP contribution in [0.25, 0.3) is 0 Å². The largest absolute Gasteiger partial charge is 0.384 e. The number of hydrogen-bond acceptors (Lipinski definition) is 3. The number of anilines is 1. The molecule has 0 unspecified atom stereocenters. The van der Waals surface area contributed by atoms with Crippen LogP contribution in [0.4, 0.5) is 5.69 Å². The Morgan fingerprint density at radius 1 is 1.12 bits per heavy atom. The van der Waals surface area contributed by atoms with Crippen molar-refractivity contribution in [3.8, 4) is 0 Å². The van der Waals surface area contributed by atoms with E-state index in [2.05, 4.69) is 33.7 Å². The Kier molecular flexibility index (Phi) is 3.29. The highest BCUT2D eigenvalue weighted by atomic mass is 15.2. The van der Waals surface area contributed by atoms with E-state index in [9.17, 15) is 0 Å². The first kappa shape index (κ1) is 11.1. The molecule has 0 spiro atoms. The van der Waals surface area contributed by atoms with E-state index in [4.69, 9.17) is 0 Å². The summed E-state index contributed by atoms with van der Waals surface area (Å²) in [6.07, 6.45) is 2.40. The van der Waals surface area contributed by atoms with Crippen molar-refractivity contribution in [1.29, 1.82) is 0 Å². The van der Waals surface area contributed by atoms with Crippen LogP contribution in [-0.4, -0.2) is 44.2 Å². The molecule has 2 aliphatic rings. The number of nitrogens with zero attached hydrogens (tertiary/aromatic N) is 1. The summed E-state index contributed by atoms with van der Waals surface area (Å²) in [7, 11) is 0. The van der Waals surface area contributed by atoms with Crippen molar-refractivity contribution in [2.45, 2.75) is 12.8 Å². The van der Waals surface area contributed by atoms with Crippen molar-refractivity contribution in [3.05, 3.63) is 29.3 Å². The zero-order valence-corrected chi connectivity index (χ0v) is 10.3. The SMILES string of the molecule is c1cc(CCN2CCNCC2)c2c(c1)NCC2. The van der Waals surface area contributed by atoms with Gasteiger partial charge in [-0.15, -0.1) is 0 Å². The molecule has 2 N–H and O–H groups in total. The van der Waals surface area contributed by atoms with Crippen molar-refractivity contribution in [3.63, 3.8) is 0 Å². The lowest BCUT2D eigenvalue weighted by atomic mass is 10.0. The molecule has 3 heteroatoms. The molecule has 1 saturated heterocycles. The lowest BCUT2D eigenvalue weighted by Crippen LogP contribution is -2.44. The smallest absolute Gasteiger partial charge is 0.0376 e.